The van der Waals surface area contributed by atoms with Crippen LogP contribution in [0, 0.1) is 14.1 Å². The van der Waals surface area contributed by atoms with Crippen molar-refractivity contribution < 1.29 is 13.6 Å². The van der Waals surface area contributed by atoms with E-state index in [-0.39, 0.29) is 5.78 Å². The highest BCUT2D eigenvalue weighted by atomic mass is 127. The summed E-state index contributed by atoms with van der Waals surface area (Å²) in [5.74, 6) is 2.20. The van der Waals surface area contributed by atoms with Crippen LogP contribution in [-0.4, -0.2) is 5.78 Å². The molecule has 3 rings (SSSR count). The van der Waals surface area contributed by atoms with Crippen molar-refractivity contribution in [3.05, 3.63) is 49.0 Å². The fourth-order valence-corrected chi connectivity index (χ4v) is 4.23. The van der Waals surface area contributed by atoms with E-state index < -0.39 is 0 Å². The fraction of sp³-hybridized carbons (Fsp3) is 0.118. The Morgan fingerprint density at radius 1 is 1.18 bits per heavy atom. The molecule has 1 aromatic carbocycles. The summed E-state index contributed by atoms with van der Waals surface area (Å²) >= 11 is 4.55. The van der Waals surface area contributed by atoms with Crippen molar-refractivity contribution in [3.63, 3.8) is 0 Å². The fourth-order valence-electron chi connectivity index (χ4n) is 2.28. The van der Waals surface area contributed by atoms with E-state index in [0.717, 1.165) is 35.2 Å². The second-order valence-corrected chi connectivity index (χ2v) is 7.37. The number of carbonyl (C=O) groups excluding carboxylic acids is 1. The van der Waals surface area contributed by atoms with Gasteiger partial charge in [0, 0.05) is 8.96 Å². The van der Waals surface area contributed by atoms with Crippen molar-refractivity contribution >= 4 is 68.0 Å². The highest BCUT2D eigenvalue weighted by Crippen LogP contribution is 2.39. The third-order valence-corrected chi connectivity index (χ3v) is 4.62. The standard InChI is InChI=1S/C17H12I2O3/c1-9(20)3-5-15-16(14-6-4-10(2)21-14)12-7-11(18)8-13(19)17(12)22-15/h3-8H,1-2H3/b5-3+. The van der Waals surface area contributed by atoms with E-state index in [0.29, 0.717) is 5.76 Å². The van der Waals surface area contributed by atoms with Crippen molar-refractivity contribution in [1.82, 2.24) is 0 Å². The Hall–Kier alpha value is -1.09. The number of allylic oxidation sites excluding steroid dienone is 1. The van der Waals surface area contributed by atoms with Crippen molar-refractivity contribution in [1.29, 1.82) is 0 Å². The number of hydrogen-bond acceptors (Lipinski definition) is 3. The second kappa shape index (κ2) is 6.19. The largest absolute Gasteiger partial charge is 0.461 e. The smallest absolute Gasteiger partial charge is 0.152 e. The first-order chi connectivity index (χ1) is 10.5. The summed E-state index contributed by atoms with van der Waals surface area (Å²) in [6, 6.07) is 7.98. The first-order valence-electron chi connectivity index (χ1n) is 6.62. The molecule has 5 heteroatoms. The number of fused-ring (bicyclic) bond motifs is 1. The van der Waals surface area contributed by atoms with Gasteiger partial charge in [-0.3, -0.25) is 4.79 Å². The Morgan fingerprint density at radius 2 is 1.95 bits per heavy atom. The van der Waals surface area contributed by atoms with Gasteiger partial charge in [-0.2, -0.15) is 0 Å². The molecule has 0 unspecified atom stereocenters. The summed E-state index contributed by atoms with van der Waals surface area (Å²) < 4.78 is 13.9. The molecule has 0 fully saturated rings. The van der Waals surface area contributed by atoms with Crippen LogP contribution in [0.3, 0.4) is 0 Å². The zero-order chi connectivity index (χ0) is 15.9. The van der Waals surface area contributed by atoms with Crippen LogP contribution in [0.25, 0.3) is 28.4 Å². The number of rotatable bonds is 3. The molecule has 0 radical (unpaired) electrons. The summed E-state index contributed by atoms with van der Waals surface area (Å²) in [6.45, 7) is 3.42. The van der Waals surface area contributed by atoms with Crippen molar-refractivity contribution in [2.24, 2.45) is 0 Å². The van der Waals surface area contributed by atoms with Gasteiger partial charge in [-0.1, -0.05) is 0 Å². The molecule has 0 N–H and O–H groups in total. The molecule has 0 aliphatic heterocycles. The second-order valence-electron chi connectivity index (χ2n) is 4.96. The molecule has 112 valence electrons. The molecule has 0 atom stereocenters. The quantitative estimate of drug-likeness (QED) is 0.325. The molecule has 22 heavy (non-hydrogen) atoms. The predicted molar refractivity (Wildman–Crippen MR) is 104 cm³/mol. The maximum Gasteiger partial charge on any atom is 0.152 e. The average molecular weight is 518 g/mol. The van der Waals surface area contributed by atoms with Gasteiger partial charge in [0.2, 0.25) is 0 Å². The van der Waals surface area contributed by atoms with Crippen LogP contribution in [0.1, 0.15) is 18.4 Å². The first kappa shape index (κ1) is 15.8. The predicted octanol–water partition coefficient (Wildman–Crippen LogP) is 5.81. The normalized spacial score (nSPS) is 11.6. The van der Waals surface area contributed by atoms with Crippen LogP contribution >= 0.6 is 45.2 Å². The molecule has 2 heterocycles. The van der Waals surface area contributed by atoms with Crippen LogP contribution in [0.5, 0.6) is 0 Å². The van der Waals surface area contributed by atoms with Gasteiger partial charge in [-0.05, 0) is 95.4 Å². The monoisotopic (exact) mass is 518 g/mol. The van der Waals surface area contributed by atoms with Crippen molar-refractivity contribution in [3.8, 4) is 11.3 Å². The third-order valence-electron chi connectivity index (χ3n) is 3.19. The molecule has 3 nitrogen and oxygen atoms in total. The molecule has 0 aliphatic rings. The number of halogens is 2. The minimum atomic E-state index is -0.0219. The van der Waals surface area contributed by atoms with E-state index in [1.54, 1.807) is 6.08 Å². The van der Waals surface area contributed by atoms with Gasteiger partial charge in [-0.25, -0.2) is 0 Å². The molecule has 0 aliphatic carbocycles. The topological polar surface area (TPSA) is 43.4 Å². The van der Waals surface area contributed by atoms with Crippen molar-refractivity contribution in [2.45, 2.75) is 13.8 Å². The Balaban J connectivity index is 2.33. The lowest BCUT2D eigenvalue weighted by Gasteiger charge is -1.98. The summed E-state index contributed by atoms with van der Waals surface area (Å²) in [7, 11) is 0. The minimum Gasteiger partial charge on any atom is -0.461 e. The highest BCUT2D eigenvalue weighted by Gasteiger charge is 2.19. The zero-order valence-electron chi connectivity index (χ0n) is 11.9. The van der Waals surface area contributed by atoms with Crippen LogP contribution in [0.4, 0.5) is 0 Å². The van der Waals surface area contributed by atoms with E-state index in [2.05, 4.69) is 57.3 Å². The minimum absolute atomic E-state index is 0.0219. The number of ketones is 1. The van der Waals surface area contributed by atoms with Gasteiger partial charge in [-0.15, -0.1) is 0 Å². The molecule has 0 saturated carbocycles. The average Bonchev–Trinajstić information content (AvgIpc) is 2.99. The van der Waals surface area contributed by atoms with E-state index in [4.69, 9.17) is 8.83 Å². The van der Waals surface area contributed by atoms with Gasteiger partial charge in [0.05, 0.1) is 9.13 Å². The van der Waals surface area contributed by atoms with Crippen LogP contribution in [-0.2, 0) is 4.79 Å². The SMILES string of the molecule is CC(=O)/C=C/c1oc2c(I)cc(I)cc2c1-c1ccc(C)o1. The third kappa shape index (κ3) is 3.01. The molecule has 0 amide bonds. The Kier molecular flexibility index (Phi) is 4.44. The number of benzene rings is 1. The maximum atomic E-state index is 11.3. The molecular weight excluding hydrogens is 506 g/mol. The van der Waals surface area contributed by atoms with E-state index in [1.807, 2.05) is 19.1 Å². The molecule has 0 bridgehead atoms. The van der Waals surface area contributed by atoms with E-state index >= 15 is 0 Å². The lowest BCUT2D eigenvalue weighted by molar-refractivity contribution is -0.112. The van der Waals surface area contributed by atoms with Gasteiger partial charge < -0.3 is 8.83 Å². The zero-order valence-corrected chi connectivity index (χ0v) is 16.3. The molecular formula is C17H12I2O3. The summed E-state index contributed by atoms with van der Waals surface area (Å²) in [5, 5.41) is 0.994. The Bertz CT molecular complexity index is 900. The maximum absolute atomic E-state index is 11.3. The summed E-state index contributed by atoms with van der Waals surface area (Å²) in [5.41, 5.74) is 1.70. The summed E-state index contributed by atoms with van der Waals surface area (Å²) in [6.07, 6.45) is 3.22. The first-order valence-corrected chi connectivity index (χ1v) is 8.78. The Morgan fingerprint density at radius 3 is 2.59 bits per heavy atom. The van der Waals surface area contributed by atoms with E-state index in [1.165, 1.54) is 13.0 Å². The van der Waals surface area contributed by atoms with Gasteiger partial charge in [0.1, 0.15) is 22.9 Å². The summed E-state index contributed by atoms with van der Waals surface area (Å²) in [4.78, 5) is 11.3. The molecule has 3 aromatic rings. The lowest BCUT2D eigenvalue weighted by Crippen LogP contribution is -1.81. The molecule has 0 saturated heterocycles. The number of carbonyl (C=O) groups is 1. The van der Waals surface area contributed by atoms with Gasteiger partial charge >= 0.3 is 0 Å². The number of hydrogen-bond donors (Lipinski definition) is 0. The van der Waals surface area contributed by atoms with Gasteiger partial charge in [0.25, 0.3) is 0 Å². The van der Waals surface area contributed by atoms with Crippen LogP contribution in [0.15, 0.2) is 39.2 Å². The number of aryl methyl sites for hydroxylation is 1. The van der Waals surface area contributed by atoms with E-state index in [9.17, 15) is 4.79 Å². The van der Waals surface area contributed by atoms with Crippen LogP contribution < -0.4 is 0 Å². The molecule has 0 spiro atoms. The van der Waals surface area contributed by atoms with Crippen LogP contribution in [0.2, 0.25) is 0 Å². The lowest BCUT2D eigenvalue weighted by atomic mass is 10.1. The molecule has 2 aromatic heterocycles. The van der Waals surface area contributed by atoms with Gasteiger partial charge in [0.15, 0.2) is 5.78 Å². The number of furan rings is 2. The Labute approximate surface area is 155 Å². The highest BCUT2D eigenvalue weighted by molar-refractivity contribution is 14.1. The van der Waals surface area contributed by atoms with Crippen molar-refractivity contribution in [2.75, 3.05) is 0 Å².